The van der Waals surface area contributed by atoms with Gasteiger partial charge in [0.2, 0.25) is 0 Å². The van der Waals surface area contributed by atoms with Crippen LogP contribution in [0.5, 0.6) is 0 Å². The number of benzene rings is 2. The van der Waals surface area contributed by atoms with E-state index in [0.717, 1.165) is 44.3 Å². The minimum Gasteiger partial charge on any atom is -0.366 e. The van der Waals surface area contributed by atoms with Gasteiger partial charge in [-0.05, 0) is 46.8 Å². The van der Waals surface area contributed by atoms with Crippen molar-refractivity contribution in [2.24, 2.45) is 12.8 Å². The zero-order valence-corrected chi connectivity index (χ0v) is 20.3. The first-order chi connectivity index (χ1) is 18.0. The van der Waals surface area contributed by atoms with E-state index in [-0.39, 0.29) is 5.92 Å². The molecule has 9 heteroatoms. The van der Waals surface area contributed by atoms with Crippen LogP contribution < -0.4 is 11.1 Å². The maximum atomic E-state index is 12.4. The Kier molecular flexibility index (Phi) is 5.37. The van der Waals surface area contributed by atoms with Gasteiger partial charge in [0.1, 0.15) is 0 Å². The summed E-state index contributed by atoms with van der Waals surface area (Å²) in [6, 6.07) is 14.0. The molecule has 1 amide bonds. The average Bonchev–Trinajstić information content (AvgIpc) is 3.58. The number of hydrogen-bond acceptors (Lipinski definition) is 6. The standard InChI is InChI=1S/C28H24N8O/c1-16(19-14-33-34-15-19)25-27(21(28(29)37)5-7-31-25)35-20-12-22(26-23(13-20)30-8-9-32-26)18-4-3-17-6-10-36(2)24(17)11-18/h3-16,35H,1-2H3,(H2,29,37)(H,33,34). The van der Waals surface area contributed by atoms with Crippen LogP contribution in [0.15, 0.2) is 79.6 Å². The number of rotatable bonds is 6. The quantitative estimate of drug-likeness (QED) is 0.306. The third-order valence-corrected chi connectivity index (χ3v) is 6.72. The number of amides is 1. The highest BCUT2D eigenvalue weighted by molar-refractivity contribution is 6.01. The topological polar surface area (TPSA) is 127 Å². The number of H-pyrrole nitrogens is 1. The zero-order valence-electron chi connectivity index (χ0n) is 20.3. The van der Waals surface area contributed by atoms with E-state index in [1.165, 1.54) is 0 Å². The molecule has 1 unspecified atom stereocenters. The molecule has 37 heavy (non-hydrogen) atoms. The number of aromatic amines is 1. The molecule has 4 heterocycles. The Labute approximate surface area is 212 Å². The van der Waals surface area contributed by atoms with Crippen LogP contribution in [0.1, 0.15) is 34.5 Å². The number of anilines is 2. The van der Waals surface area contributed by atoms with Gasteiger partial charge in [0.05, 0.1) is 34.2 Å². The number of nitrogens with zero attached hydrogens (tertiary/aromatic N) is 5. The fourth-order valence-corrected chi connectivity index (χ4v) is 4.74. The lowest BCUT2D eigenvalue weighted by molar-refractivity contribution is 0.100. The summed E-state index contributed by atoms with van der Waals surface area (Å²) in [6.07, 6.45) is 10.6. The number of primary amides is 1. The Morgan fingerprint density at radius 1 is 1.05 bits per heavy atom. The number of carbonyl (C=O) groups excluding carboxylic acids is 1. The van der Waals surface area contributed by atoms with Crippen LogP contribution in [0.25, 0.3) is 33.1 Å². The normalized spacial score (nSPS) is 12.2. The first kappa shape index (κ1) is 22.4. The SMILES string of the molecule is CC(c1cn[nH]c1)c1nccc(C(N)=O)c1Nc1cc(-c2ccc3ccn(C)c3c2)c2nccnc2c1. The van der Waals surface area contributed by atoms with E-state index >= 15 is 0 Å². The van der Waals surface area contributed by atoms with Crippen LogP contribution in [0.4, 0.5) is 11.4 Å². The molecule has 0 fully saturated rings. The Hall–Kier alpha value is -5.05. The van der Waals surface area contributed by atoms with E-state index in [2.05, 4.69) is 59.3 Å². The monoisotopic (exact) mass is 488 g/mol. The van der Waals surface area contributed by atoms with Gasteiger partial charge in [0.15, 0.2) is 0 Å². The molecule has 0 saturated heterocycles. The molecular weight excluding hydrogens is 464 g/mol. The van der Waals surface area contributed by atoms with Gasteiger partial charge in [-0.1, -0.05) is 19.1 Å². The van der Waals surface area contributed by atoms with E-state index < -0.39 is 5.91 Å². The molecule has 9 nitrogen and oxygen atoms in total. The Bertz CT molecular complexity index is 1770. The van der Waals surface area contributed by atoms with Crippen LogP contribution >= 0.6 is 0 Å². The predicted molar refractivity (Wildman–Crippen MR) is 144 cm³/mol. The van der Waals surface area contributed by atoms with Gasteiger partial charge in [-0.15, -0.1) is 0 Å². The van der Waals surface area contributed by atoms with Crippen molar-refractivity contribution in [3.63, 3.8) is 0 Å². The highest BCUT2D eigenvalue weighted by atomic mass is 16.1. The number of aryl methyl sites for hydroxylation is 1. The highest BCUT2D eigenvalue weighted by Crippen LogP contribution is 2.36. The first-order valence-electron chi connectivity index (χ1n) is 11.8. The fourth-order valence-electron chi connectivity index (χ4n) is 4.74. The third-order valence-electron chi connectivity index (χ3n) is 6.72. The average molecular weight is 489 g/mol. The smallest absolute Gasteiger partial charge is 0.250 e. The lowest BCUT2D eigenvalue weighted by atomic mass is 9.96. The second-order valence-corrected chi connectivity index (χ2v) is 9.01. The first-order valence-corrected chi connectivity index (χ1v) is 11.8. The lowest BCUT2D eigenvalue weighted by Crippen LogP contribution is -2.16. The molecule has 1 atom stereocenters. The summed E-state index contributed by atoms with van der Waals surface area (Å²) < 4.78 is 2.09. The largest absolute Gasteiger partial charge is 0.366 e. The molecule has 0 aliphatic rings. The molecule has 0 spiro atoms. The van der Waals surface area contributed by atoms with Gasteiger partial charge in [0, 0.05) is 60.7 Å². The molecule has 2 aromatic carbocycles. The van der Waals surface area contributed by atoms with Gasteiger partial charge in [-0.3, -0.25) is 24.8 Å². The maximum absolute atomic E-state index is 12.4. The lowest BCUT2D eigenvalue weighted by Gasteiger charge is -2.19. The maximum Gasteiger partial charge on any atom is 0.250 e. The van der Waals surface area contributed by atoms with Gasteiger partial charge in [-0.2, -0.15) is 5.10 Å². The van der Waals surface area contributed by atoms with Gasteiger partial charge in [0.25, 0.3) is 5.91 Å². The summed E-state index contributed by atoms with van der Waals surface area (Å²) >= 11 is 0. The number of pyridine rings is 1. The summed E-state index contributed by atoms with van der Waals surface area (Å²) in [7, 11) is 2.03. The molecule has 0 bridgehead atoms. The van der Waals surface area contributed by atoms with Crippen LogP contribution in [0.2, 0.25) is 0 Å². The molecule has 0 aliphatic heterocycles. The van der Waals surface area contributed by atoms with Crippen LogP contribution in [-0.2, 0) is 7.05 Å². The van der Waals surface area contributed by atoms with E-state index in [1.54, 1.807) is 30.9 Å². The molecule has 0 radical (unpaired) electrons. The van der Waals surface area contributed by atoms with Crippen molar-refractivity contribution in [1.82, 2.24) is 29.7 Å². The van der Waals surface area contributed by atoms with Crippen LogP contribution in [0.3, 0.4) is 0 Å². The van der Waals surface area contributed by atoms with Gasteiger partial charge in [-0.25, -0.2) is 0 Å². The molecule has 0 saturated carbocycles. The Morgan fingerprint density at radius 3 is 2.73 bits per heavy atom. The summed E-state index contributed by atoms with van der Waals surface area (Å²) in [5, 5.41) is 11.5. The van der Waals surface area contributed by atoms with Crippen molar-refractivity contribution >= 4 is 39.2 Å². The minimum atomic E-state index is -0.541. The van der Waals surface area contributed by atoms with Crippen molar-refractivity contribution in [2.75, 3.05) is 5.32 Å². The molecule has 4 N–H and O–H groups in total. The highest BCUT2D eigenvalue weighted by Gasteiger charge is 2.21. The summed E-state index contributed by atoms with van der Waals surface area (Å²) in [4.78, 5) is 26.2. The number of hydrogen-bond donors (Lipinski definition) is 3. The molecular formula is C28H24N8O. The van der Waals surface area contributed by atoms with E-state index in [1.807, 2.05) is 38.5 Å². The van der Waals surface area contributed by atoms with Crippen LogP contribution in [0, 0.1) is 0 Å². The molecule has 0 aliphatic carbocycles. The summed E-state index contributed by atoms with van der Waals surface area (Å²) in [6.45, 7) is 2.01. The predicted octanol–water partition coefficient (Wildman–Crippen LogP) is 4.90. The second kappa shape index (κ2) is 8.87. The number of carbonyl (C=O) groups is 1. The molecule has 6 aromatic rings. The van der Waals surface area contributed by atoms with Crippen molar-refractivity contribution in [1.29, 1.82) is 0 Å². The van der Waals surface area contributed by atoms with Gasteiger partial charge < -0.3 is 15.6 Å². The van der Waals surface area contributed by atoms with Crippen molar-refractivity contribution in [3.05, 3.63) is 96.5 Å². The summed E-state index contributed by atoms with van der Waals surface area (Å²) in [5.41, 5.74) is 13.6. The number of fused-ring (bicyclic) bond motifs is 2. The van der Waals surface area contributed by atoms with E-state index in [0.29, 0.717) is 16.9 Å². The fraction of sp³-hybridized carbons (Fsp3) is 0.107. The number of nitrogens with two attached hydrogens (primary N) is 1. The van der Waals surface area contributed by atoms with E-state index in [4.69, 9.17) is 5.73 Å². The number of nitrogens with one attached hydrogen (secondary N) is 2. The second-order valence-electron chi connectivity index (χ2n) is 9.01. The molecule has 182 valence electrons. The molecule has 4 aromatic heterocycles. The zero-order chi connectivity index (χ0) is 25.5. The van der Waals surface area contributed by atoms with Crippen molar-refractivity contribution in [2.45, 2.75) is 12.8 Å². The molecule has 6 rings (SSSR count). The van der Waals surface area contributed by atoms with Crippen LogP contribution in [-0.4, -0.2) is 35.6 Å². The minimum absolute atomic E-state index is 0.139. The van der Waals surface area contributed by atoms with Crippen molar-refractivity contribution in [3.8, 4) is 11.1 Å². The van der Waals surface area contributed by atoms with E-state index in [9.17, 15) is 4.79 Å². The number of aromatic nitrogens is 6. The van der Waals surface area contributed by atoms with Crippen molar-refractivity contribution < 1.29 is 4.79 Å². The van der Waals surface area contributed by atoms with Gasteiger partial charge >= 0.3 is 0 Å². The Balaban J connectivity index is 1.52. The third kappa shape index (κ3) is 3.96. The Morgan fingerprint density at radius 2 is 1.92 bits per heavy atom. The summed E-state index contributed by atoms with van der Waals surface area (Å²) in [5.74, 6) is -0.680.